The summed E-state index contributed by atoms with van der Waals surface area (Å²) in [6.07, 6.45) is 1.42. The highest BCUT2D eigenvalue weighted by Crippen LogP contribution is 1.98. The summed E-state index contributed by atoms with van der Waals surface area (Å²) in [5.74, 6) is 0. The van der Waals surface area contributed by atoms with E-state index in [1.54, 1.807) is 7.11 Å². The maximum absolute atomic E-state index is 9.40. The molecular formula is C13H21NO2. The zero-order chi connectivity index (χ0) is 11.6. The molecule has 1 atom stereocenters. The van der Waals surface area contributed by atoms with Gasteiger partial charge in [0.2, 0.25) is 0 Å². The molecule has 0 amide bonds. The van der Waals surface area contributed by atoms with E-state index in [0.29, 0.717) is 6.61 Å². The normalized spacial score (nSPS) is 12.6. The van der Waals surface area contributed by atoms with Crippen LogP contribution >= 0.6 is 0 Å². The maximum Gasteiger partial charge on any atom is 0.0785 e. The minimum atomic E-state index is -0.353. The number of aliphatic hydroxyl groups is 1. The first-order chi connectivity index (χ1) is 7.83. The fourth-order valence-electron chi connectivity index (χ4n) is 1.55. The molecule has 1 aromatic rings. The molecule has 0 radical (unpaired) electrons. The first-order valence-electron chi connectivity index (χ1n) is 5.74. The predicted octanol–water partition coefficient (Wildman–Crippen LogP) is 1.22. The lowest BCUT2D eigenvalue weighted by atomic mass is 10.1. The first kappa shape index (κ1) is 13.2. The van der Waals surface area contributed by atoms with Crippen LogP contribution in [0.25, 0.3) is 0 Å². The maximum atomic E-state index is 9.40. The quantitative estimate of drug-likeness (QED) is 0.651. The van der Waals surface area contributed by atoms with Gasteiger partial charge in [-0.25, -0.2) is 0 Å². The van der Waals surface area contributed by atoms with Crippen molar-refractivity contribution in [3.05, 3.63) is 35.9 Å². The van der Waals surface area contributed by atoms with E-state index in [4.69, 9.17) is 4.74 Å². The number of ether oxygens (including phenoxy) is 1. The topological polar surface area (TPSA) is 41.5 Å². The minimum Gasteiger partial charge on any atom is -0.391 e. The first-order valence-corrected chi connectivity index (χ1v) is 5.74. The van der Waals surface area contributed by atoms with Gasteiger partial charge in [0.15, 0.2) is 0 Å². The summed E-state index contributed by atoms with van der Waals surface area (Å²) in [5, 5.41) is 12.7. The molecule has 0 saturated heterocycles. The zero-order valence-electron chi connectivity index (χ0n) is 9.86. The van der Waals surface area contributed by atoms with Gasteiger partial charge in [-0.15, -0.1) is 0 Å². The Morgan fingerprint density at radius 3 is 2.69 bits per heavy atom. The Bertz CT molecular complexity index is 264. The van der Waals surface area contributed by atoms with Gasteiger partial charge in [-0.1, -0.05) is 30.3 Å². The van der Waals surface area contributed by atoms with Crippen molar-refractivity contribution in [2.75, 3.05) is 26.8 Å². The van der Waals surface area contributed by atoms with E-state index in [1.807, 2.05) is 6.07 Å². The number of nitrogens with one attached hydrogen (secondary N) is 1. The van der Waals surface area contributed by atoms with E-state index in [0.717, 1.165) is 25.9 Å². The lowest BCUT2D eigenvalue weighted by Gasteiger charge is -2.09. The van der Waals surface area contributed by atoms with Crippen LogP contribution in [0.2, 0.25) is 0 Å². The van der Waals surface area contributed by atoms with Gasteiger partial charge in [0.1, 0.15) is 0 Å². The van der Waals surface area contributed by atoms with Crippen LogP contribution < -0.4 is 5.32 Å². The van der Waals surface area contributed by atoms with Gasteiger partial charge in [-0.05, 0) is 31.5 Å². The number of methoxy groups -OCH3 is 1. The molecule has 16 heavy (non-hydrogen) atoms. The van der Waals surface area contributed by atoms with Crippen molar-refractivity contribution in [2.24, 2.45) is 0 Å². The molecule has 0 spiro atoms. The van der Waals surface area contributed by atoms with Crippen molar-refractivity contribution < 1.29 is 9.84 Å². The summed E-state index contributed by atoms with van der Waals surface area (Å²) in [7, 11) is 1.60. The predicted molar refractivity (Wildman–Crippen MR) is 65.5 cm³/mol. The van der Waals surface area contributed by atoms with Crippen LogP contribution in [0.3, 0.4) is 0 Å². The standard InChI is InChI=1S/C13H21NO2/c1-16-11-13(15)8-10-14-9-7-12-5-3-2-4-6-12/h2-6,13-15H,7-11H2,1H3. The summed E-state index contributed by atoms with van der Waals surface area (Å²) >= 11 is 0. The van der Waals surface area contributed by atoms with Gasteiger partial charge >= 0.3 is 0 Å². The molecule has 0 aromatic heterocycles. The molecule has 0 saturated carbocycles. The van der Waals surface area contributed by atoms with Crippen molar-refractivity contribution in [1.82, 2.24) is 5.32 Å². The fourth-order valence-corrected chi connectivity index (χ4v) is 1.55. The smallest absolute Gasteiger partial charge is 0.0785 e. The number of rotatable bonds is 8. The average Bonchev–Trinajstić information content (AvgIpc) is 2.30. The highest BCUT2D eigenvalue weighted by molar-refractivity contribution is 5.14. The lowest BCUT2D eigenvalue weighted by molar-refractivity contribution is 0.0595. The minimum absolute atomic E-state index is 0.353. The van der Waals surface area contributed by atoms with Crippen molar-refractivity contribution in [3.8, 4) is 0 Å². The second kappa shape index (κ2) is 8.28. The summed E-state index contributed by atoms with van der Waals surface area (Å²) in [4.78, 5) is 0. The van der Waals surface area contributed by atoms with E-state index in [2.05, 4.69) is 29.6 Å². The Balaban J connectivity index is 2.00. The van der Waals surface area contributed by atoms with Crippen LogP contribution in [0.5, 0.6) is 0 Å². The van der Waals surface area contributed by atoms with E-state index in [-0.39, 0.29) is 6.10 Å². The van der Waals surface area contributed by atoms with Crippen molar-refractivity contribution in [1.29, 1.82) is 0 Å². The van der Waals surface area contributed by atoms with Crippen LogP contribution in [0.1, 0.15) is 12.0 Å². The van der Waals surface area contributed by atoms with Gasteiger partial charge in [0, 0.05) is 7.11 Å². The van der Waals surface area contributed by atoms with Crippen LogP contribution in [-0.2, 0) is 11.2 Å². The highest BCUT2D eigenvalue weighted by Gasteiger charge is 2.01. The van der Waals surface area contributed by atoms with E-state index >= 15 is 0 Å². The molecule has 3 heteroatoms. The second-order valence-corrected chi connectivity index (χ2v) is 3.88. The molecule has 2 N–H and O–H groups in total. The average molecular weight is 223 g/mol. The molecule has 0 aliphatic rings. The number of hydrogen-bond acceptors (Lipinski definition) is 3. The summed E-state index contributed by atoms with van der Waals surface area (Å²) < 4.78 is 4.85. The molecular weight excluding hydrogens is 202 g/mol. The van der Waals surface area contributed by atoms with Gasteiger partial charge in [0.25, 0.3) is 0 Å². The summed E-state index contributed by atoms with van der Waals surface area (Å²) in [5.41, 5.74) is 1.34. The highest BCUT2D eigenvalue weighted by atomic mass is 16.5. The molecule has 90 valence electrons. The van der Waals surface area contributed by atoms with Gasteiger partial charge in [-0.2, -0.15) is 0 Å². The fraction of sp³-hybridized carbons (Fsp3) is 0.538. The molecule has 0 fully saturated rings. The molecule has 3 nitrogen and oxygen atoms in total. The molecule has 0 heterocycles. The molecule has 0 bridgehead atoms. The Morgan fingerprint density at radius 2 is 2.00 bits per heavy atom. The summed E-state index contributed by atoms with van der Waals surface area (Å²) in [6, 6.07) is 10.4. The molecule has 1 rings (SSSR count). The zero-order valence-corrected chi connectivity index (χ0v) is 9.86. The monoisotopic (exact) mass is 223 g/mol. The van der Waals surface area contributed by atoms with Crippen molar-refractivity contribution in [2.45, 2.75) is 18.9 Å². The van der Waals surface area contributed by atoms with Crippen molar-refractivity contribution >= 4 is 0 Å². The van der Waals surface area contributed by atoms with Crippen molar-refractivity contribution in [3.63, 3.8) is 0 Å². The lowest BCUT2D eigenvalue weighted by Crippen LogP contribution is -2.24. The van der Waals surface area contributed by atoms with E-state index < -0.39 is 0 Å². The largest absolute Gasteiger partial charge is 0.391 e. The molecule has 1 aromatic carbocycles. The van der Waals surface area contributed by atoms with E-state index in [9.17, 15) is 5.11 Å². The third-order valence-electron chi connectivity index (χ3n) is 2.45. The summed E-state index contributed by atoms with van der Waals surface area (Å²) in [6.45, 7) is 2.20. The second-order valence-electron chi connectivity index (χ2n) is 3.88. The molecule has 1 unspecified atom stereocenters. The van der Waals surface area contributed by atoms with Crippen LogP contribution in [0.15, 0.2) is 30.3 Å². The number of benzene rings is 1. The third kappa shape index (κ3) is 5.85. The Hall–Kier alpha value is -0.900. The van der Waals surface area contributed by atoms with E-state index in [1.165, 1.54) is 5.56 Å². The number of hydrogen-bond donors (Lipinski definition) is 2. The van der Waals surface area contributed by atoms with Crippen LogP contribution in [0, 0.1) is 0 Å². The Kier molecular flexibility index (Phi) is 6.81. The van der Waals surface area contributed by atoms with Gasteiger partial charge in [0.05, 0.1) is 12.7 Å². The molecule has 0 aliphatic carbocycles. The Labute approximate surface area is 97.4 Å². The van der Waals surface area contributed by atoms with Gasteiger partial charge < -0.3 is 15.2 Å². The number of aliphatic hydroxyl groups excluding tert-OH is 1. The van der Waals surface area contributed by atoms with Gasteiger partial charge in [-0.3, -0.25) is 0 Å². The third-order valence-corrected chi connectivity index (χ3v) is 2.45. The SMILES string of the molecule is COCC(O)CCNCCc1ccccc1. The molecule has 0 aliphatic heterocycles. The Morgan fingerprint density at radius 1 is 1.25 bits per heavy atom. The van der Waals surface area contributed by atoms with Crippen LogP contribution in [0.4, 0.5) is 0 Å². The van der Waals surface area contributed by atoms with Crippen LogP contribution in [-0.4, -0.2) is 38.0 Å².